The van der Waals surface area contributed by atoms with Crippen molar-refractivity contribution < 1.29 is 24.2 Å². The van der Waals surface area contributed by atoms with Gasteiger partial charge in [0.15, 0.2) is 6.29 Å². The fraction of sp³-hybridized carbons (Fsp3) is 0.750. The van der Waals surface area contributed by atoms with Gasteiger partial charge in [-0.05, 0) is 12.8 Å². The molecule has 0 atom stereocenters. The molecule has 78 valence electrons. The molecular formula is C8H15LiO5. The third kappa shape index (κ3) is 7.10. The van der Waals surface area contributed by atoms with Crippen LogP contribution in [0, 0.1) is 0 Å². The minimum atomic E-state index is -1.38. The summed E-state index contributed by atoms with van der Waals surface area (Å²) in [6.07, 6.45) is 0.642. The van der Waals surface area contributed by atoms with E-state index in [0.717, 1.165) is 0 Å². The number of aliphatic carboxylic acids is 1. The van der Waals surface area contributed by atoms with Gasteiger partial charge in [0.25, 0.3) is 0 Å². The van der Waals surface area contributed by atoms with Crippen LogP contribution >= 0.6 is 0 Å². The zero-order chi connectivity index (χ0) is 10.3. The van der Waals surface area contributed by atoms with Gasteiger partial charge in [0.2, 0.25) is 5.78 Å². The van der Waals surface area contributed by atoms with E-state index in [1.54, 1.807) is 0 Å². The fourth-order valence-corrected chi connectivity index (χ4v) is 0.868. The molecule has 0 heterocycles. The van der Waals surface area contributed by atoms with E-state index in [4.69, 9.17) is 14.6 Å². The van der Waals surface area contributed by atoms with E-state index in [-0.39, 0.29) is 31.6 Å². The Kier molecular flexibility index (Phi) is 10.6. The van der Waals surface area contributed by atoms with Crippen LogP contribution in [-0.2, 0) is 19.1 Å². The molecule has 5 nitrogen and oxygen atoms in total. The van der Waals surface area contributed by atoms with Crippen molar-refractivity contribution in [3.8, 4) is 0 Å². The van der Waals surface area contributed by atoms with E-state index in [0.29, 0.717) is 12.8 Å². The van der Waals surface area contributed by atoms with Gasteiger partial charge in [0.1, 0.15) is 0 Å². The zero-order valence-corrected chi connectivity index (χ0v) is 7.78. The molecule has 6 heteroatoms. The van der Waals surface area contributed by atoms with E-state index in [1.807, 2.05) is 0 Å². The first-order valence-corrected chi connectivity index (χ1v) is 3.93. The molecule has 0 bridgehead atoms. The molecule has 0 unspecified atom stereocenters. The summed E-state index contributed by atoms with van der Waals surface area (Å²) in [6.45, 7) is 0. The molecule has 0 aliphatic heterocycles. The van der Waals surface area contributed by atoms with Gasteiger partial charge in [-0.25, -0.2) is 4.79 Å². The van der Waals surface area contributed by atoms with Crippen LogP contribution in [0.25, 0.3) is 0 Å². The van der Waals surface area contributed by atoms with Gasteiger partial charge in [0.05, 0.1) is 0 Å². The molecule has 0 rings (SSSR count). The van der Waals surface area contributed by atoms with Gasteiger partial charge in [-0.15, -0.1) is 0 Å². The second-order valence-electron chi connectivity index (χ2n) is 2.52. The van der Waals surface area contributed by atoms with Crippen molar-refractivity contribution in [2.24, 2.45) is 0 Å². The summed E-state index contributed by atoms with van der Waals surface area (Å²) < 4.78 is 9.72. The average molecular weight is 198 g/mol. The first-order chi connectivity index (χ1) is 6.11. The Labute approximate surface area is 94.9 Å². The fourth-order valence-electron chi connectivity index (χ4n) is 0.868. The summed E-state index contributed by atoms with van der Waals surface area (Å²) in [5.41, 5.74) is 0. The normalized spacial score (nSPS) is 9.64. The Morgan fingerprint density at radius 3 is 2.14 bits per heavy atom. The maximum absolute atomic E-state index is 10.6. The van der Waals surface area contributed by atoms with Gasteiger partial charge in [-0.2, -0.15) is 0 Å². The van der Waals surface area contributed by atoms with Crippen molar-refractivity contribution in [2.45, 2.75) is 25.6 Å². The van der Waals surface area contributed by atoms with Gasteiger partial charge in [-0.3, -0.25) is 4.79 Å². The number of carbonyl (C=O) groups is 2. The first-order valence-electron chi connectivity index (χ1n) is 3.93. The number of carbonyl (C=O) groups excluding carboxylic acids is 1. The zero-order valence-electron chi connectivity index (χ0n) is 7.78. The Morgan fingerprint density at radius 1 is 1.29 bits per heavy atom. The Morgan fingerprint density at radius 2 is 1.79 bits per heavy atom. The minimum absolute atomic E-state index is 0. The number of ketones is 1. The quantitative estimate of drug-likeness (QED) is 0.348. The SMILES string of the molecule is COC(CCCC(=O)C(=O)O)OC.[LiH]. The Balaban J connectivity index is 0. The third-order valence-electron chi connectivity index (χ3n) is 1.61. The number of hydrogen-bond acceptors (Lipinski definition) is 4. The summed E-state index contributed by atoms with van der Waals surface area (Å²) in [6, 6.07) is 0. The molecule has 0 saturated heterocycles. The summed E-state index contributed by atoms with van der Waals surface area (Å²) in [7, 11) is 2.99. The topological polar surface area (TPSA) is 72.8 Å². The third-order valence-corrected chi connectivity index (χ3v) is 1.61. The summed E-state index contributed by atoms with van der Waals surface area (Å²) in [4.78, 5) is 20.7. The number of carboxylic acid groups (broad SMARTS) is 1. The van der Waals surface area contributed by atoms with E-state index in [9.17, 15) is 9.59 Å². The van der Waals surface area contributed by atoms with E-state index in [1.165, 1.54) is 14.2 Å². The second kappa shape index (κ2) is 9.22. The van der Waals surface area contributed by atoms with Crippen LogP contribution in [0.3, 0.4) is 0 Å². The predicted octanol–water partition coefficient (Wildman–Crippen LogP) is -0.219. The maximum atomic E-state index is 10.6. The van der Waals surface area contributed by atoms with Crippen LogP contribution in [-0.4, -0.2) is 56.2 Å². The summed E-state index contributed by atoms with van der Waals surface area (Å²) >= 11 is 0. The van der Waals surface area contributed by atoms with Gasteiger partial charge in [0, 0.05) is 20.6 Å². The number of methoxy groups -OCH3 is 2. The van der Waals surface area contributed by atoms with E-state index < -0.39 is 11.8 Å². The molecule has 0 radical (unpaired) electrons. The number of carboxylic acids is 1. The molecule has 0 aromatic heterocycles. The van der Waals surface area contributed by atoms with Gasteiger partial charge in [-0.1, -0.05) is 0 Å². The standard InChI is InChI=1S/C8H14O5.Li.H/c1-12-7(13-2)5-3-4-6(9)8(10)11;;/h7H,3-5H2,1-2H3,(H,10,11);;. The Bertz CT molecular complexity index is 179. The number of Topliss-reactive ketones (excluding diaryl/α,β-unsaturated/α-hetero) is 1. The molecule has 0 aliphatic rings. The number of ether oxygens (including phenoxy) is 2. The monoisotopic (exact) mass is 198 g/mol. The van der Waals surface area contributed by atoms with Crippen LogP contribution in [0.5, 0.6) is 0 Å². The molecule has 0 fully saturated rings. The average Bonchev–Trinajstić information content (AvgIpc) is 2.12. The van der Waals surface area contributed by atoms with E-state index >= 15 is 0 Å². The van der Waals surface area contributed by atoms with Crippen LogP contribution in [0.2, 0.25) is 0 Å². The molecule has 14 heavy (non-hydrogen) atoms. The molecule has 0 aromatic carbocycles. The van der Waals surface area contributed by atoms with Crippen LogP contribution in [0.4, 0.5) is 0 Å². The Hall–Kier alpha value is -0.343. The molecule has 0 saturated carbocycles. The molecule has 0 aliphatic carbocycles. The van der Waals surface area contributed by atoms with Crippen LogP contribution in [0.15, 0.2) is 0 Å². The second-order valence-corrected chi connectivity index (χ2v) is 2.52. The molecule has 0 spiro atoms. The number of hydrogen-bond donors (Lipinski definition) is 1. The van der Waals surface area contributed by atoms with Gasteiger partial charge < -0.3 is 14.6 Å². The van der Waals surface area contributed by atoms with E-state index in [2.05, 4.69) is 0 Å². The molecule has 0 aromatic rings. The number of rotatable bonds is 7. The van der Waals surface area contributed by atoms with Crippen molar-refractivity contribution in [1.82, 2.24) is 0 Å². The summed E-state index contributed by atoms with van der Waals surface area (Å²) in [5, 5.41) is 8.25. The van der Waals surface area contributed by atoms with Crippen molar-refractivity contribution in [2.75, 3.05) is 14.2 Å². The predicted molar refractivity (Wildman–Crippen MR) is 51.4 cm³/mol. The van der Waals surface area contributed by atoms with Crippen molar-refractivity contribution in [3.63, 3.8) is 0 Å². The molecule has 0 amide bonds. The van der Waals surface area contributed by atoms with Gasteiger partial charge >= 0.3 is 24.8 Å². The summed E-state index contributed by atoms with van der Waals surface area (Å²) in [5.74, 6) is -2.16. The van der Waals surface area contributed by atoms with Crippen LogP contribution in [0.1, 0.15) is 19.3 Å². The van der Waals surface area contributed by atoms with Crippen molar-refractivity contribution in [3.05, 3.63) is 0 Å². The molecule has 1 N–H and O–H groups in total. The van der Waals surface area contributed by atoms with Crippen molar-refractivity contribution in [1.29, 1.82) is 0 Å². The molecular weight excluding hydrogens is 183 g/mol. The first kappa shape index (κ1) is 16.1. The van der Waals surface area contributed by atoms with Crippen LogP contribution < -0.4 is 0 Å². The van der Waals surface area contributed by atoms with Crippen molar-refractivity contribution >= 4 is 30.6 Å².